The third kappa shape index (κ3) is 3.83. The summed E-state index contributed by atoms with van der Waals surface area (Å²) >= 11 is 3.38. The zero-order valence-electron chi connectivity index (χ0n) is 9.03. The standard InChI is InChI=1S/C11H14BrNO3/c1-15-11(14)4-5-16-9-2-3-10(12)8(6-9)7-13/h2-3,6H,4-5,7,13H2,1H3. The molecule has 1 aromatic rings. The summed E-state index contributed by atoms with van der Waals surface area (Å²) in [5, 5.41) is 0. The van der Waals surface area contributed by atoms with Gasteiger partial charge in [0.05, 0.1) is 20.1 Å². The molecule has 0 aliphatic carbocycles. The van der Waals surface area contributed by atoms with E-state index in [1.807, 2.05) is 18.2 Å². The Balaban J connectivity index is 2.51. The minimum Gasteiger partial charge on any atom is -0.493 e. The quantitative estimate of drug-likeness (QED) is 0.840. The Kier molecular flexibility index (Phi) is 5.28. The number of hydrogen-bond donors (Lipinski definition) is 1. The average molecular weight is 288 g/mol. The van der Waals surface area contributed by atoms with Crippen molar-refractivity contribution in [1.29, 1.82) is 0 Å². The lowest BCUT2D eigenvalue weighted by atomic mass is 10.2. The molecule has 5 heteroatoms. The largest absolute Gasteiger partial charge is 0.493 e. The number of nitrogens with two attached hydrogens (primary N) is 1. The van der Waals surface area contributed by atoms with Gasteiger partial charge in [-0.15, -0.1) is 0 Å². The molecule has 0 heterocycles. The van der Waals surface area contributed by atoms with Crippen molar-refractivity contribution in [2.75, 3.05) is 13.7 Å². The lowest BCUT2D eigenvalue weighted by Crippen LogP contribution is -2.08. The van der Waals surface area contributed by atoms with Crippen LogP contribution in [-0.2, 0) is 16.1 Å². The zero-order valence-corrected chi connectivity index (χ0v) is 10.6. The molecule has 1 aromatic carbocycles. The molecule has 0 saturated heterocycles. The van der Waals surface area contributed by atoms with Crippen LogP contribution in [-0.4, -0.2) is 19.7 Å². The van der Waals surface area contributed by atoms with Crippen LogP contribution in [0.25, 0.3) is 0 Å². The predicted octanol–water partition coefficient (Wildman–Crippen LogP) is 1.85. The molecule has 0 amide bonds. The summed E-state index contributed by atoms with van der Waals surface area (Å²) in [5.41, 5.74) is 6.53. The van der Waals surface area contributed by atoms with Crippen molar-refractivity contribution in [2.45, 2.75) is 13.0 Å². The Bertz CT molecular complexity index is 368. The van der Waals surface area contributed by atoms with Crippen LogP contribution in [0.4, 0.5) is 0 Å². The van der Waals surface area contributed by atoms with Gasteiger partial charge in [-0.25, -0.2) is 0 Å². The summed E-state index contributed by atoms with van der Waals surface area (Å²) in [4.78, 5) is 10.8. The average Bonchev–Trinajstić information content (AvgIpc) is 2.31. The molecule has 88 valence electrons. The van der Waals surface area contributed by atoms with Crippen LogP contribution in [0, 0.1) is 0 Å². The molecule has 0 aromatic heterocycles. The first-order chi connectivity index (χ1) is 7.67. The maximum atomic E-state index is 10.8. The first-order valence-electron chi connectivity index (χ1n) is 4.85. The second kappa shape index (κ2) is 6.50. The van der Waals surface area contributed by atoms with Crippen LogP contribution < -0.4 is 10.5 Å². The SMILES string of the molecule is COC(=O)CCOc1ccc(Br)c(CN)c1. The van der Waals surface area contributed by atoms with E-state index in [4.69, 9.17) is 10.5 Å². The molecular weight excluding hydrogens is 274 g/mol. The number of benzene rings is 1. The van der Waals surface area contributed by atoms with Crippen molar-refractivity contribution >= 4 is 21.9 Å². The van der Waals surface area contributed by atoms with Crippen LogP contribution in [0.15, 0.2) is 22.7 Å². The summed E-state index contributed by atoms with van der Waals surface area (Å²) in [6, 6.07) is 5.54. The van der Waals surface area contributed by atoms with Gasteiger partial charge in [0.2, 0.25) is 0 Å². The van der Waals surface area contributed by atoms with Gasteiger partial charge in [-0.2, -0.15) is 0 Å². The number of carbonyl (C=O) groups is 1. The van der Waals surface area contributed by atoms with Crippen molar-refractivity contribution in [3.63, 3.8) is 0 Å². The highest BCUT2D eigenvalue weighted by molar-refractivity contribution is 9.10. The molecule has 16 heavy (non-hydrogen) atoms. The highest BCUT2D eigenvalue weighted by atomic mass is 79.9. The fourth-order valence-electron chi connectivity index (χ4n) is 1.15. The molecule has 0 fully saturated rings. The van der Waals surface area contributed by atoms with E-state index in [1.54, 1.807) is 0 Å². The van der Waals surface area contributed by atoms with Gasteiger partial charge in [-0.3, -0.25) is 4.79 Å². The molecule has 2 N–H and O–H groups in total. The monoisotopic (exact) mass is 287 g/mol. The Morgan fingerprint density at radius 3 is 2.88 bits per heavy atom. The lowest BCUT2D eigenvalue weighted by molar-refractivity contribution is -0.141. The molecule has 0 bridgehead atoms. The van der Waals surface area contributed by atoms with Crippen LogP contribution in [0.3, 0.4) is 0 Å². The normalized spacial score (nSPS) is 9.94. The summed E-state index contributed by atoms with van der Waals surface area (Å²) in [5.74, 6) is 0.420. The zero-order chi connectivity index (χ0) is 12.0. The van der Waals surface area contributed by atoms with Crippen molar-refractivity contribution in [2.24, 2.45) is 5.73 Å². The summed E-state index contributed by atoms with van der Waals surface area (Å²) in [6.07, 6.45) is 0.241. The van der Waals surface area contributed by atoms with Crippen molar-refractivity contribution in [3.05, 3.63) is 28.2 Å². The van der Waals surface area contributed by atoms with Crippen LogP contribution >= 0.6 is 15.9 Å². The van der Waals surface area contributed by atoms with Crippen LogP contribution in [0.5, 0.6) is 5.75 Å². The molecular formula is C11H14BrNO3. The first kappa shape index (κ1) is 13.0. The number of ether oxygens (including phenoxy) is 2. The third-order valence-corrected chi connectivity index (χ3v) is 2.81. The van der Waals surface area contributed by atoms with Gasteiger partial charge < -0.3 is 15.2 Å². The molecule has 0 aliphatic heterocycles. The minimum absolute atomic E-state index is 0.241. The Labute approximate surface area is 103 Å². The summed E-state index contributed by atoms with van der Waals surface area (Å²) < 4.78 is 10.9. The number of esters is 1. The van der Waals surface area contributed by atoms with Gasteiger partial charge >= 0.3 is 5.97 Å². The van der Waals surface area contributed by atoms with Gasteiger partial charge in [0, 0.05) is 11.0 Å². The molecule has 0 aliphatic rings. The second-order valence-electron chi connectivity index (χ2n) is 3.13. The molecule has 0 spiro atoms. The topological polar surface area (TPSA) is 61.5 Å². The second-order valence-corrected chi connectivity index (χ2v) is 3.99. The number of halogens is 1. The fourth-order valence-corrected chi connectivity index (χ4v) is 1.56. The minimum atomic E-state index is -0.281. The Hall–Kier alpha value is -1.07. The maximum Gasteiger partial charge on any atom is 0.308 e. The number of rotatable bonds is 5. The van der Waals surface area contributed by atoms with E-state index in [1.165, 1.54) is 7.11 Å². The maximum absolute atomic E-state index is 10.8. The molecule has 0 atom stereocenters. The predicted molar refractivity (Wildman–Crippen MR) is 64.2 cm³/mol. The highest BCUT2D eigenvalue weighted by Crippen LogP contribution is 2.22. The molecule has 0 saturated carbocycles. The fraction of sp³-hybridized carbons (Fsp3) is 0.364. The smallest absolute Gasteiger partial charge is 0.308 e. The van der Waals surface area contributed by atoms with Gasteiger partial charge in [0.1, 0.15) is 5.75 Å². The van der Waals surface area contributed by atoms with Gasteiger partial charge in [0.15, 0.2) is 0 Å². The lowest BCUT2D eigenvalue weighted by Gasteiger charge is -2.08. The molecule has 4 nitrogen and oxygen atoms in total. The van der Waals surface area contributed by atoms with Crippen molar-refractivity contribution in [1.82, 2.24) is 0 Å². The van der Waals surface area contributed by atoms with Crippen molar-refractivity contribution < 1.29 is 14.3 Å². The highest BCUT2D eigenvalue weighted by Gasteiger charge is 2.03. The molecule has 0 radical (unpaired) electrons. The van der Waals surface area contributed by atoms with E-state index < -0.39 is 0 Å². The number of hydrogen-bond acceptors (Lipinski definition) is 4. The number of carbonyl (C=O) groups excluding carboxylic acids is 1. The van der Waals surface area contributed by atoms with Gasteiger partial charge in [-0.05, 0) is 23.8 Å². The Morgan fingerprint density at radius 1 is 1.50 bits per heavy atom. The number of methoxy groups -OCH3 is 1. The molecule has 1 rings (SSSR count). The third-order valence-electron chi connectivity index (χ3n) is 2.04. The van der Waals surface area contributed by atoms with Crippen LogP contribution in [0.2, 0.25) is 0 Å². The molecule has 0 unspecified atom stereocenters. The van der Waals surface area contributed by atoms with E-state index in [9.17, 15) is 4.79 Å². The van der Waals surface area contributed by atoms with Gasteiger partial charge in [-0.1, -0.05) is 15.9 Å². The van der Waals surface area contributed by atoms with E-state index in [-0.39, 0.29) is 12.4 Å². The first-order valence-corrected chi connectivity index (χ1v) is 5.64. The summed E-state index contributed by atoms with van der Waals surface area (Å²) in [7, 11) is 1.36. The summed E-state index contributed by atoms with van der Waals surface area (Å²) in [6.45, 7) is 0.743. The van der Waals surface area contributed by atoms with E-state index in [2.05, 4.69) is 20.7 Å². The van der Waals surface area contributed by atoms with Crippen LogP contribution in [0.1, 0.15) is 12.0 Å². The Morgan fingerprint density at radius 2 is 2.25 bits per heavy atom. The van der Waals surface area contributed by atoms with E-state index >= 15 is 0 Å². The van der Waals surface area contributed by atoms with E-state index in [0.29, 0.717) is 18.9 Å². The van der Waals surface area contributed by atoms with E-state index in [0.717, 1.165) is 10.0 Å². The van der Waals surface area contributed by atoms with Crippen molar-refractivity contribution in [3.8, 4) is 5.75 Å². The van der Waals surface area contributed by atoms with Gasteiger partial charge in [0.25, 0.3) is 0 Å².